The molecule has 1 aromatic heterocycles. The van der Waals surface area contributed by atoms with Gasteiger partial charge in [0.2, 0.25) is 10.0 Å². The van der Waals surface area contributed by atoms with Crippen LogP contribution in [0, 0.1) is 12.8 Å². The van der Waals surface area contributed by atoms with E-state index >= 15 is 0 Å². The number of sulfonamides is 1. The number of hydrogen-bond acceptors (Lipinski definition) is 4. The smallest absolute Gasteiger partial charge is 0.313 e. The molecule has 2 rings (SSSR count). The van der Waals surface area contributed by atoms with Crippen molar-refractivity contribution in [3.05, 3.63) is 11.9 Å². The second kappa shape index (κ2) is 5.02. The first-order valence-corrected chi connectivity index (χ1v) is 7.61. The number of carboxylic acids is 1. The molecule has 118 valence electrons. The Morgan fingerprint density at radius 1 is 1.52 bits per heavy atom. The number of halogens is 2. The first-order valence-electron chi connectivity index (χ1n) is 6.17. The van der Waals surface area contributed by atoms with Gasteiger partial charge in [0.25, 0.3) is 5.92 Å². The Morgan fingerprint density at radius 3 is 2.62 bits per heavy atom. The van der Waals surface area contributed by atoms with Gasteiger partial charge in [0.1, 0.15) is 10.8 Å². The topological polar surface area (TPSA) is 92.5 Å². The van der Waals surface area contributed by atoms with Crippen LogP contribution >= 0.6 is 0 Å². The molecule has 1 unspecified atom stereocenters. The highest BCUT2D eigenvalue weighted by Gasteiger charge is 2.51. The van der Waals surface area contributed by atoms with E-state index in [1.54, 1.807) is 0 Å². The molecule has 21 heavy (non-hydrogen) atoms. The maximum absolute atomic E-state index is 13.5. The number of carbonyl (C=O) groups is 1. The highest BCUT2D eigenvalue weighted by Crippen LogP contribution is 2.36. The fourth-order valence-corrected chi connectivity index (χ4v) is 3.98. The second-order valence-corrected chi connectivity index (χ2v) is 6.92. The summed E-state index contributed by atoms with van der Waals surface area (Å²) in [5, 5.41) is 12.8. The largest absolute Gasteiger partial charge is 0.481 e. The van der Waals surface area contributed by atoms with Crippen LogP contribution in [0.5, 0.6) is 0 Å². The molecule has 7 nitrogen and oxygen atoms in total. The molecule has 1 saturated heterocycles. The van der Waals surface area contributed by atoms with Gasteiger partial charge in [0.05, 0.1) is 5.69 Å². The van der Waals surface area contributed by atoms with E-state index in [0.717, 1.165) is 4.31 Å². The van der Waals surface area contributed by atoms with Crippen LogP contribution in [-0.4, -0.2) is 52.6 Å². The minimum atomic E-state index is -4.04. The lowest BCUT2D eigenvalue weighted by molar-refractivity contribution is -0.163. The standard InChI is InChI=1S/C11H15F2N3O4S/c1-7-9(6-15(2)14-7)21(19,20)16-4-3-11(12,13)8(5-16)10(17)18/h6,8H,3-5H2,1-2H3,(H,17,18). The molecule has 1 atom stereocenters. The highest BCUT2D eigenvalue weighted by molar-refractivity contribution is 7.89. The lowest BCUT2D eigenvalue weighted by Crippen LogP contribution is -2.52. The lowest BCUT2D eigenvalue weighted by atomic mass is 9.95. The van der Waals surface area contributed by atoms with Crippen molar-refractivity contribution in [1.82, 2.24) is 14.1 Å². The first kappa shape index (κ1) is 15.8. The third-order valence-corrected chi connectivity index (χ3v) is 5.44. The summed E-state index contributed by atoms with van der Waals surface area (Å²) in [6.07, 6.45) is 0.454. The van der Waals surface area contributed by atoms with Gasteiger partial charge in [-0.05, 0) is 6.92 Å². The molecule has 0 aliphatic carbocycles. The van der Waals surface area contributed by atoms with Crippen molar-refractivity contribution in [2.75, 3.05) is 13.1 Å². The van der Waals surface area contributed by atoms with Crippen LogP contribution in [0.15, 0.2) is 11.1 Å². The van der Waals surface area contributed by atoms with E-state index in [9.17, 15) is 22.0 Å². The van der Waals surface area contributed by atoms with E-state index in [2.05, 4.69) is 5.10 Å². The van der Waals surface area contributed by atoms with Crippen LogP contribution in [0.4, 0.5) is 8.78 Å². The van der Waals surface area contributed by atoms with E-state index in [-0.39, 0.29) is 10.6 Å². The molecule has 1 aromatic rings. The molecule has 0 spiro atoms. The fourth-order valence-electron chi connectivity index (χ4n) is 2.32. The number of rotatable bonds is 3. The van der Waals surface area contributed by atoms with Crippen LogP contribution in [0.3, 0.4) is 0 Å². The van der Waals surface area contributed by atoms with Crippen molar-refractivity contribution in [3.63, 3.8) is 0 Å². The van der Waals surface area contributed by atoms with Crippen molar-refractivity contribution in [1.29, 1.82) is 0 Å². The molecule has 1 aliphatic rings. The van der Waals surface area contributed by atoms with Crippen LogP contribution in [0.1, 0.15) is 12.1 Å². The van der Waals surface area contributed by atoms with Gasteiger partial charge in [0.15, 0.2) is 0 Å². The van der Waals surface area contributed by atoms with Crippen molar-refractivity contribution in [2.24, 2.45) is 13.0 Å². The number of nitrogens with zero attached hydrogens (tertiary/aromatic N) is 3. The minimum Gasteiger partial charge on any atom is -0.481 e. The summed E-state index contributed by atoms with van der Waals surface area (Å²) in [7, 11) is -2.50. The van der Waals surface area contributed by atoms with Crippen LogP contribution in [0.2, 0.25) is 0 Å². The first-order chi connectivity index (χ1) is 9.55. The van der Waals surface area contributed by atoms with Crippen LogP contribution in [-0.2, 0) is 21.9 Å². The van der Waals surface area contributed by atoms with Crippen LogP contribution in [0.25, 0.3) is 0 Å². The third kappa shape index (κ3) is 2.77. The molecule has 0 amide bonds. The average Bonchev–Trinajstić information content (AvgIpc) is 2.67. The van der Waals surface area contributed by atoms with E-state index in [1.165, 1.54) is 24.9 Å². The Balaban J connectivity index is 2.34. The predicted molar refractivity (Wildman–Crippen MR) is 67.4 cm³/mol. The molecule has 1 aliphatic heterocycles. The molecule has 1 fully saturated rings. The number of alkyl halides is 2. The number of piperidine rings is 1. The van der Waals surface area contributed by atoms with Gasteiger partial charge in [-0.1, -0.05) is 0 Å². The Kier molecular flexibility index (Phi) is 3.79. The van der Waals surface area contributed by atoms with Crippen molar-refractivity contribution in [3.8, 4) is 0 Å². The Bertz CT molecular complexity index is 671. The Morgan fingerprint density at radius 2 is 2.14 bits per heavy atom. The molecule has 0 aromatic carbocycles. The SMILES string of the molecule is Cc1nn(C)cc1S(=O)(=O)N1CCC(F)(F)C(C(=O)O)C1. The lowest BCUT2D eigenvalue weighted by Gasteiger charge is -2.35. The summed E-state index contributed by atoms with van der Waals surface area (Å²) in [6.45, 7) is 0.312. The van der Waals surface area contributed by atoms with Crippen LogP contribution < -0.4 is 0 Å². The summed E-state index contributed by atoms with van der Waals surface area (Å²) >= 11 is 0. The minimum absolute atomic E-state index is 0.0978. The van der Waals surface area contributed by atoms with Gasteiger partial charge in [-0.3, -0.25) is 9.48 Å². The third-order valence-electron chi connectivity index (χ3n) is 3.47. The monoisotopic (exact) mass is 323 g/mol. The zero-order valence-electron chi connectivity index (χ0n) is 11.5. The molecule has 0 radical (unpaired) electrons. The summed E-state index contributed by atoms with van der Waals surface area (Å²) in [4.78, 5) is 10.8. The van der Waals surface area contributed by atoms with Gasteiger partial charge < -0.3 is 5.11 Å². The van der Waals surface area contributed by atoms with Gasteiger partial charge in [-0.2, -0.15) is 9.40 Å². The number of aromatic nitrogens is 2. The zero-order chi connectivity index (χ0) is 16.0. The molecular formula is C11H15F2N3O4S. The molecule has 0 bridgehead atoms. The van der Waals surface area contributed by atoms with E-state index in [0.29, 0.717) is 0 Å². The molecular weight excluding hydrogens is 308 g/mol. The number of aryl methyl sites for hydroxylation is 2. The molecule has 0 saturated carbocycles. The number of aliphatic carboxylic acids is 1. The summed E-state index contributed by atoms with van der Waals surface area (Å²) in [6, 6.07) is 0. The second-order valence-electron chi connectivity index (χ2n) is 5.02. The average molecular weight is 323 g/mol. The van der Waals surface area contributed by atoms with Gasteiger partial charge in [0, 0.05) is 32.8 Å². The quantitative estimate of drug-likeness (QED) is 0.872. The normalized spacial score (nSPS) is 23.1. The van der Waals surface area contributed by atoms with Crippen molar-refractivity contribution >= 4 is 16.0 Å². The maximum Gasteiger partial charge on any atom is 0.313 e. The zero-order valence-corrected chi connectivity index (χ0v) is 12.3. The van der Waals surface area contributed by atoms with E-state index in [1.807, 2.05) is 0 Å². The molecule has 2 heterocycles. The highest BCUT2D eigenvalue weighted by atomic mass is 32.2. The summed E-state index contributed by atoms with van der Waals surface area (Å²) in [5.41, 5.74) is 0.238. The van der Waals surface area contributed by atoms with Crippen molar-refractivity contribution < 1.29 is 27.1 Å². The maximum atomic E-state index is 13.5. The predicted octanol–water partition coefficient (Wildman–Crippen LogP) is 0.459. The van der Waals surface area contributed by atoms with E-state index < -0.39 is 47.3 Å². The van der Waals surface area contributed by atoms with Gasteiger partial charge >= 0.3 is 5.97 Å². The van der Waals surface area contributed by atoms with Gasteiger partial charge in [-0.25, -0.2) is 17.2 Å². The number of carboxylic acid groups (broad SMARTS) is 1. The molecule has 1 N–H and O–H groups in total. The molecule has 10 heteroatoms. The number of hydrogen-bond donors (Lipinski definition) is 1. The van der Waals surface area contributed by atoms with E-state index in [4.69, 9.17) is 5.11 Å². The summed E-state index contributed by atoms with van der Waals surface area (Å²) < 4.78 is 54.1. The van der Waals surface area contributed by atoms with Crippen molar-refractivity contribution in [2.45, 2.75) is 24.2 Å². The van der Waals surface area contributed by atoms with Gasteiger partial charge in [-0.15, -0.1) is 0 Å². The fraction of sp³-hybridized carbons (Fsp3) is 0.636. The Labute approximate surface area is 120 Å². The summed E-state index contributed by atoms with van der Waals surface area (Å²) in [5.74, 6) is -7.16. The Hall–Kier alpha value is -1.55.